The summed E-state index contributed by atoms with van der Waals surface area (Å²) in [7, 11) is 0. The van der Waals surface area contributed by atoms with Crippen molar-refractivity contribution < 1.29 is 33.6 Å². The van der Waals surface area contributed by atoms with Crippen LogP contribution in [0.4, 0.5) is 11.4 Å². The molecule has 3 aromatic rings. The zero-order valence-electron chi connectivity index (χ0n) is 36.9. The number of aliphatic hydroxyl groups is 1. The summed E-state index contributed by atoms with van der Waals surface area (Å²) in [5.74, 6) is -0.148. The van der Waals surface area contributed by atoms with Crippen molar-refractivity contribution in [3.63, 3.8) is 0 Å². The number of hydrogen-bond acceptors (Lipinski definition) is 10. The zero-order valence-corrected chi connectivity index (χ0v) is 39.4. The number of nitrogens with zero attached hydrogens (tertiary/aromatic N) is 1. The van der Waals surface area contributed by atoms with Gasteiger partial charge in [-0.1, -0.05) is 137 Å². The Morgan fingerprint density at radius 1 is 0.730 bits per heavy atom. The molecule has 0 unspecified atom stereocenters. The van der Waals surface area contributed by atoms with Crippen molar-refractivity contribution >= 4 is 87.0 Å². The Kier molecular flexibility index (Phi) is 23.9. The Hall–Kier alpha value is -4.19. The van der Waals surface area contributed by atoms with Gasteiger partial charge in [-0.05, 0) is 52.8 Å². The number of unbranched alkanes of at least 4 members (excludes halogenated alkanes) is 1. The molecule has 5 N–H and O–H groups in total. The number of thiocarbonyl (C=S) groups is 3. The Bertz CT molecular complexity index is 1930. The molecular weight excluding hydrogens is 855 g/mol. The molecule has 1 heterocycles. The van der Waals surface area contributed by atoms with Crippen molar-refractivity contribution in [2.24, 2.45) is 5.92 Å². The van der Waals surface area contributed by atoms with E-state index in [-0.39, 0.29) is 30.4 Å². The Balaban J connectivity index is 0.993. The molecule has 342 valence electrons. The quantitative estimate of drug-likeness (QED) is 0.0365. The van der Waals surface area contributed by atoms with Crippen molar-refractivity contribution in [1.29, 1.82) is 0 Å². The fourth-order valence-corrected chi connectivity index (χ4v) is 7.36. The third-order valence-corrected chi connectivity index (χ3v) is 11.3. The molecule has 0 fully saturated rings. The fourth-order valence-electron chi connectivity index (χ4n) is 6.65. The average Bonchev–Trinajstić information content (AvgIpc) is 3.28. The maximum absolute atomic E-state index is 13.5. The number of nitrogens with one attached hydrogen (secondary N) is 4. The van der Waals surface area contributed by atoms with E-state index in [1.165, 1.54) is 0 Å². The first-order valence-electron chi connectivity index (χ1n) is 21.9. The Morgan fingerprint density at radius 3 is 2.02 bits per heavy atom. The Labute approximate surface area is 389 Å². The number of ether oxygens (including phenoxy) is 4. The SMILES string of the molecule is CCCC[C@H](NC(=O)[C@@H](NC(=S)CCOCCOCCOCCOCCNC(=S)CCC(=O)N1Cc2ccccc2/C=C\c2ccccc21)C(C)C)C(=S)Nc1ccc(CO)cc1. The lowest BCUT2D eigenvalue weighted by molar-refractivity contribution is -0.124. The molecule has 3 aromatic carbocycles. The molecule has 0 radical (unpaired) electrons. The van der Waals surface area contributed by atoms with Crippen LogP contribution in [0.15, 0.2) is 72.8 Å². The van der Waals surface area contributed by atoms with E-state index >= 15 is 0 Å². The summed E-state index contributed by atoms with van der Waals surface area (Å²) in [6.07, 6.45) is 8.00. The molecule has 0 aliphatic carbocycles. The molecule has 12 nitrogen and oxygen atoms in total. The van der Waals surface area contributed by atoms with Gasteiger partial charge < -0.3 is 50.2 Å². The van der Waals surface area contributed by atoms with Crippen LogP contribution in [-0.2, 0) is 41.7 Å². The summed E-state index contributed by atoms with van der Waals surface area (Å²) in [6.45, 7) is 10.5. The molecule has 2 atom stereocenters. The summed E-state index contributed by atoms with van der Waals surface area (Å²) in [4.78, 5) is 30.5. The topological polar surface area (TPSA) is 143 Å². The molecule has 0 saturated carbocycles. The van der Waals surface area contributed by atoms with Gasteiger partial charge in [-0.3, -0.25) is 9.59 Å². The molecule has 4 rings (SSSR count). The van der Waals surface area contributed by atoms with E-state index < -0.39 is 6.04 Å². The smallest absolute Gasteiger partial charge is 0.243 e. The van der Waals surface area contributed by atoms with Crippen LogP contribution in [0, 0.1) is 5.92 Å². The van der Waals surface area contributed by atoms with E-state index in [9.17, 15) is 14.7 Å². The first-order chi connectivity index (χ1) is 30.6. The van der Waals surface area contributed by atoms with Gasteiger partial charge in [0.2, 0.25) is 11.8 Å². The average molecular weight is 920 g/mol. The van der Waals surface area contributed by atoms with Crippen LogP contribution in [0.3, 0.4) is 0 Å². The number of fused-ring (bicyclic) bond motifs is 2. The van der Waals surface area contributed by atoms with Gasteiger partial charge in [0.05, 0.1) is 87.7 Å². The molecule has 2 amide bonds. The van der Waals surface area contributed by atoms with Gasteiger partial charge in [-0.25, -0.2) is 0 Å². The highest BCUT2D eigenvalue weighted by Crippen LogP contribution is 2.29. The number of amides is 2. The minimum atomic E-state index is -0.525. The Morgan fingerprint density at radius 2 is 1.35 bits per heavy atom. The summed E-state index contributed by atoms with van der Waals surface area (Å²) >= 11 is 16.8. The number of anilines is 2. The number of rotatable bonds is 28. The minimum absolute atomic E-state index is 0.0151. The molecule has 0 saturated heterocycles. The first-order valence-corrected chi connectivity index (χ1v) is 23.2. The van der Waals surface area contributed by atoms with Crippen LogP contribution >= 0.6 is 36.7 Å². The monoisotopic (exact) mass is 919 g/mol. The molecule has 15 heteroatoms. The van der Waals surface area contributed by atoms with E-state index in [0.29, 0.717) is 107 Å². The minimum Gasteiger partial charge on any atom is -0.392 e. The van der Waals surface area contributed by atoms with E-state index in [2.05, 4.69) is 52.5 Å². The van der Waals surface area contributed by atoms with Crippen LogP contribution in [0.5, 0.6) is 0 Å². The van der Waals surface area contributed by atoms with Gasteiger partial charge in [-0.15, -0.1) is 0 Å². The van der Waals surface area contributed by atoms with E-state index in [1.54, 1.807) is 0 Å². The summed E-state index contributed by atoms with van der Waals surface area (Å²) in [6, 6.07) is 22.6. The molecule has 0 aromatic heterocycles. The summed E-state index contributed by atoms with van der Waals surface area (Å²) in [5.41, 5.74) is 5.74. The summed E-state index contributed by atoms with van der Waals surface area (Å²) < 4.78 is 22.6. The van der Waals surface area contributed by atoms with Crippen molar-refractivity contribution in [2.75, 3.05) is 69.6 Å². The van der Waals surface area contributed by atoms with E-state index in [0.717, 1.165) is 46.5 Å². The number of para-hydroxylation sites is 1. The molecular formula is C48H65N5O7S3. The largest absolute Gasteiger partial charge is 0.392 e. The number of benzene rings is 3. The highest BCUT2D eigenvalue weighted by molar-refractivity contribution is 7.81. The maximum atomic E-state index is 13.5. The lowest BCUT2D eigenvalue weighted by Gasteiger charge is -2.27. The molecule has 63 heavy (non-hydrogen) atoms. The number of aliphatic hydroxyl groups excluding tert-OH is 1. The molecule has 1 aliphatic heterocycles. The number of carbonyl (C=O) groups excluding carboxylic acids is 2. The fraction of sp³-hybridized carbons (Fsp3) is 0.479. The van der Waals surface area contributed by atoms with Gasteiger partial charge >= 0.3 is 0 Å². The van der Waals surface area contributed by atoms with Gasteiger partial charge in [-0.2, -0.15) is 0 Å². The third-order valence-electron chi connectivity index (χ3n) is 10.2. The lowest BCUT2D eigenvalue weighted by Crippen LogP contribution is -2.54. The maximum Gasteiger partial charge on any atom is 0.243 e. The predicted molar refractivity (Wildman–Crippen MR) is 265 cm³/mol. The zero-order chi connectivity index (χ0) is 45.2. The van der Waals surface area contributed by atoms with Crippen LogP contribution in [0.1, 0.15) is 81.5 Å². The predicted octanol–water partition coefficient (Wildman–Crippen LogP) is 7.41. The van der Waals surface area contributed by atoms with Crippen molar-refractivity contribution in [1.82, 2.24) is 16.0 Å². The standard InChI is InChI=1S/C48H65N5O7S3/c1-4-5-13-41(48(63)50-40-19-15-36(34-54)16-20-40)51-47(56)46(35(2)3)52-44(62)23-25-57-27-29-59-31-32-60-30-28-58-26-24-49-43(61)21-22-45(55)53-33-39-12-7-6-10-37(39)17-18-38-11-8-9-14-42(38)53/h6-12,14-20,35,41,46,54H,4-5,13,21-34H2,1-3H3,(H,49,61)(H,50,63)(H,51,56)(H,52,62)/b18-17-/t41-,46-/m0/s1. The number of carbonyl (C=O) groups is 2. The van der Waals surface area contributed by atoms with Gasteiger partial charge in [0.25, 0.3) is 0 Å². The van der Waals surface area contributed by atoms with Crippen LogP contribution in [0.2, 0.25) is 0 Å². The number of hydrogen-bond donors (Lipinski definition) is 5. The van der Waals surface area contributed by atoms with Gasteiger partial charge in [0.15, 0.2) is 0 Å². The van der Waals surface area contributed by atoms with Crippen molar-refractivity contribution in [2.45, 2.75) is 84.5 Å². The normalized spacial score (nSPS) is 13.4. The van der Waals surface area contributed by atoms with Crippen molar-refractivity contribution in [3.8, 4) is 0 Å². The first kappa shape index (κ1) is 51.4. The third kappa shape index (κ3) is 18.8. The second kappa shape index (κ2) is 29.3. The highest BCUT2D eigenvalue weighted by Gasteiger charge is 2.27. The molecule has 1 aliphatic rings. The van der Waals surface area contributed by atoms with Crippen molar-refractivity contribution in [3.05, 3.63) is 95.1 Å². The second-order valence-corrected chi connectivity index (χ2v) is 16.9. The van der Waals surface area contributed by atoms with Gasteiger partial charge in [0.1, 0.15) is 11.0 Å². The van der Waals surface area contributed by atoms with Crippen LogP contribution in [-0.4, -0.2) is 103 Å². The van der Waals surface area contributed by atoms with E-state index in [4.69, 9.17) is 55.6 Å². The van der Waals surface area contributed by atoms with Crippen LogP contribution < -0.4 is 26.2 Å². The van der Waals surface area contributed by atoms with Gasteiger partial charge in [0, 0.05) is 31.5 Å². The summed E-state index contributed by atoms with van der Waals surface area (Å²) in [5, 5.41) is 22.1. The van der Waals surface area contributed by atoms with Crippen LogP contribution in [0.25, 0.3) is 12.2 Å². The second-order valence-electron chi connectivity index (χ2n) is 15.5. The highest BCUT2D eigenvalue weighted by atomic mass is 32.1. The lowest BCUT2D eigenvalue weighted by atomic mass is 10.0. The molecule has 0 spiro atoms. The molecule has 0 bridgehead atoms. The van der Waals surface area contributed by atoms with E-state index in [1.807, 2.05) is 79.4 Å².